The maximum atomic E-state index is 11.8. The molecule has 0 saturated carbocycles. The minimum atomic E-state index is -0.794. The predicted octanol–water partition coefficient (Wildman–Crippen LogP) is 3.11. The Kier molecular flexibility index (Phi) is 4.79. The molecule has 21 heavy (non-hydrogen) atoms. The lowest BCUT2D eigenvalue weighted by Crippen LogP contribution is -2.33. The lowest BCUT2D eigenvalue weighted by atomic mass is 10.1. The molecule has 6 heteroatoms. The molecule has 3 N–H and O–H groups in total. The fraction of sp³-hybridized carbons (Fsp3) is 0.0667. The van der Waals surface area contributed by atoms with Crippen LogP contribution in [0, 0.1) is 0 Å². The molecule has 2 amide bonds. The standard InChI is InChI=1S/C15H13ClN2O3/c16-11-3-5-12(6-4-11)17-15(21)18-14(9-19)10-1-7-13(20)8-2-10/h1-9,14,20H,(H2,17,18,21). The molecule has 108 valence electrons. The van der Waals surface area contributed by atoms with Gasteiger partial charge in [-0.3, -0.25) is 0 Å². The molecular formula is C15H13ClN2O3. The van der Waals surface area contributed by atoms with Gasteiger partial charge in [-0.15, -0.1) is 0 Å². The van der Waals surface area contributed by atoms with Crippen LogP contribution >= 0.6 is 11.6 Å². The van der Waals surface area contributed by atoms with Crippen LogP contribution in [0.15, 0.2) is 48.5 Å². The zero-order chi connectivity index (χ0) is 15.2. The molecule has 0 radical (unpaired) electrons. The highest BCUT2D eigenvalue weighted by molar-refractivity contribution is 6.30. The Hall–Kier alpha value is -2.53. The largest absolute Gasteiger partial charge is 0.508 e. The Morgan fingerprint density at radius 3 is 2.29 bits per heavy atom. The summed E-state index contributed by atoms with van der Waals surface area (Å²) in [5.41, 5.74) is 1.14. The van der Waals surface area contributed by atoms with Crippen molar-refractivity contribution in [3.8, 4) is 5.75 Å². The Morgan fingerprint density at radius 1 is 1.10 bits per heavy atom. The van der Waals surface area contributed by atoms with E-state index < -0.39 is 12.1 Å². The van der Waals surface area contributed by atoms with Gasteiger partial charge in [0.25, 0.3) is 0 Å². The highest BCUT2D eigenvalue weighted by atomic mass is 35.5. The lowest BCUT2D eigenvalue weighted by Gasteiger charge is -2.14. The summed E-state index contributed by atoms with van der Waals surface area (Å²) in [6.45, 7) is 0. The van der Waals surface area contributed by atoms with E-state index >= 15 is 0 Å². The van der Waals surface area contributed by atoms with Gasteiger partial charge in [0.15, 0.2) is 0 Å². The first-order valence-corrected chi connectivity index (χ1v) is 6.53. The second kappa shape index (κ2) is 6.76. The number of aldehydes is 1. The number of anilines is 1. The number of benzene rings is 2. The van der Waals surface area contributed by atoms with Crippen molar-refractivity contribution in [1.82, 2.24) is 5.32 Å². The molecular weight excluding hydrogens is 292 g/mol. The molecule has 1 unspecified atom stereocenters. The van der Waals surface area contributed by atoms with Gasteiger partial charge >= 0.3 is 6.03 Å². The molecule has 5 nitrogen and oxygen atoms in total. The van der Waals surface area contributed by atoms with Crippen molar-refractivity contribution in [2.75, 3.05) is 5.32 Å². The SMILES string of the molecule is O=CC(NC(=O)Nc1ccc(Cl)cc1)c1ccc(O)cc1. The zero-order valence-electron chi connectivity index (χ0n) is 10.9. The Balaban J connectivity index is 2.01. The van der Waals surface area contributed by atoms with Gasteiger partial charge in [0.2, 0.25) is 0 Å². The predicted molar refractivity (Wildman–Crippen MR) is 80.5 cm³/mol. The first-order valence-electron chi connectivity index (χ1n) is 6.16. The number of amides is 2. The highest BCUT2D eigenvalue weighted by Crippen LogP contribution is 2.16. The van der Waals surface area contributed by atoms with Gasteiger partial charge in [-0.2, -0.15) is 0 Å². The smallest absolute Gasteiger partial charge is 0.320 e. The van der Waals surface area contributed by atoms with Gasteiger partial charge in [0.1, 0.15) is 18.1 Å². The molecule has 2 aromatic rings. The van der Waals surface area contributed by atoms with Crippen molar-refractivity contribution in [3.05, 3.63) is 59.1 Å². The molecule has 0 aliphatic heterocycles. The number of urea groups is 1. The average molecular weight is 305 g/mol. The van der Waals surface area contributed by atoms with Crippen LogP contribution in [0.2, 0.25) is 5.02 Å². The molecule has 0 bridgehead atoms. The van der Waals surface area contributed by atoms with Crippen LogP contribution in [-0.4, -0.2) is 17.4 Å². The Bertz CT molecular complexity index is 626. The quantitative estimate of drug-likeness (QED) is 0.759. The second-order valence-corrected chi connectivity index (χ2v) is 4.75. The van der Waals surface area contributed by atoms with Crippen molar-refractivity contribution in [2.24, 2.45) is 0 Å². The number of hydrogen-bond acceptors (Lipinski definition) is 3. The normalized spacial score (nSPS) is 11.5. The molecule has 0 aliphatic carbocycles. The van der Waals surface area contributed by atoms with E-state index in [0.29, 0.717) is 22.6 Å². The maximum absolute atomic E-state index is 11.8. The van der Waals surface area contributed by atoms with E-state index in [1.165, 1.54) is 12.1 Å². The van der Waals surface area contributed by atoms with Gasteiger partial charge in [-0.05, 0) is 42.0 Å². The second-order valence-electron chi connectivity index (χ2n) is 4.31. The van der Waals surface area contributed by atoms with Crippen LogP contribution < -0.4 is 10.6 Å². The number of carbonyl (C=O) groups is 2. The molecule has 0 aliphatic rings. The Labute approximate surface area is 126 Å². The van der Waals surface area contributed by atoms with Gasteiger partial charge in [-0.25, -0.2) is 4.79 Å². The molecule has 0 fully saturated rings. The molecule has 2 aromatic carbocycles. The fourth-order valence-corrected chi connectivity index (χ4v) is 1.85. The van der Waals surface area contributed by atoms with Crippen molar-refractivity contribution in [3.63, 3.8) is 0 Å². The summed E-state index contributed by atoms with van der Waals surface area (Å²) in [4.78, 5) is 22.9. The van der Waals surface area contributed by atoms with Crippen molar-refractivity contribution < 1.29 is 14.7 Å². The third kappa shape index (κ3) is 4.22. The van der Waals surface area contributed by atoms with Gasteiger partial charge in [0.05, 0.1) is 0 Å². The summed E-state index contributed by atoms with van der Waals surface area (Å²) in [7, 11) is 0. The number of halogens is 1. The van der Waals surface area contributed by atoms with E-state index in [-0.39, 0.29) is 5.75 Å². The van der Waals surface area contributed by atoms with Gasteiger partial charge in [-0.1, -0.05) is 23.7 Å². The molecule has 0 saturated heterocycles. The number of phenolic OH excluding ortho intramolecular Hbond substituents is 1. The van der Waals surface area contributed by atoms with Crippen LogP contribution in [0.3, 0.4) is 0 Å². The maximum Gasteiger partial charge on any atom is 0.320 e. The zero-order valence-corrected chi connectivity index (χ0v) is 11.7. The first-order chi connectivity index (χ1) is 10.1. The number of aromatic hydroxyl groups is 1. The first kappa shape index (κ1) is 14.9. The third-order valence-corrected chi connectivity index (χ3v) is 3.03. The third-order valence-electron chi connectivity index (χ3n) is 2.78. The Morgan fingerprint density at radius 2 is 1.71 bits per heavy atom. The topological polar surface area (TPSA) is 78.4 Å². The van der Waals surface area contributed by atoms with Crippen LogP contribution in [-0.2, 0) is 4.79 Å². The van der Waals surface area contributed by atoms with E-state index in [4.69, 9.17) is 11.6 Å². The van der Waals surface area contributed by atoms with Gasteiger partial charge < -0.3 is 20.5 Å². The van der Waals surface area contributed by atoms with Crippen LogP contribution in [0.4, 0.5) is 10.5 Å². The minimum absolute atomic E-state index is 0.0917. The number of nitrogens with one attached hydrogen (secondary N) is 2. The van der Waals surface area contributed by atoms with Crippen LogP contribution in [0.5, 0.6) is 5.75 Å². The van der Waals surface area contributed by atoms with Gasteiger partial charge in [0, 0.05) is 10.7 Å². The summed E-state index contributed by atoms with van der Waals surface area (Å²) in [6.07, 6.45) is 0.619. The minimum Gasteiger partial charge on any atom is -0.508 e. The van der Waals surface area contributed by atoms with Crippen molar-refractivity contribution in [2.45, 2.75) is 6.04 Å². The molecule has 0 spiro atoms. The van der Waals surface area contributed by atoms with E-state index in [1.54, 1.807) is 36.4 Å². The number of carbonyl (C=O) groups excluding carboxylic acids is 2. The number of hydrogen-bond donors (Lipinski definition) is 3. The molecule has 2 rings (SSSR count). The summed E-state index contributed by atoms with van der Waals surface area (Å²) >= 11 is 5.75. The summed E-state index contributed by atoms with van der Waals surface area (Å²) in [6, 6.07) is 11.3. The van der Waals surface area contributed by atoms with Crippen molar-refractivity contribution in [1.29, 1.82) is 0 Å². The molecule has 0 heterocycles. The van der Waals surface area contributed by atoms with Crippen LogP contribution in [0.1, 0.15) is 11.6 Å². The molecule has 1 atom stereocenters. The van der Waals surface area contributed by atoms with Crippen LogP contribution in [0.25, 0.3) is 0 Å². The van der Waals surface area contributed by atoms with E-state index in [0.717, 1.165) is 0 Å². The monoisotopic (exact) mass is 304 g/mol. The number of phenols is 1. The van der Waals surface area contributed by atoms with E-state index in [9.17, 15) is 14.7 Å². The van der Waals surface area contributed by atoms with E-state index in [2.05, 4.69) is 10.6 Å². The summed E-state index contributed by atoms with van der Waals surface area (Å²) in [5.74, 6) is 0.0917. The summed E-state index contributed by atoms with van der Waals surface area (Å²) < 4.78 is 0. The fourth-order valence-electron chi connectivity index (χ4n) is 1.72. The average Bonchev–Trinajstić information content (AvgIpc) is 2.48. The van der Waals surface area contributed by atoms with Crippen molar-refractivity contribution >= 4 is 29.6 Å². The van der Waals surface area contributed by atoms with E-state index in [1.807, 2.05) is 0 Å². The summed E-state index contributed by atoms with van der Waals surface area (Å²) in [5, 5.41) is 14.9. The number of rotatable bonds is 4. The molecule has 0 aromatic heterocycles. The lowest BCUT2D eigenvalue weighted by molar-refractivity contribution is -0.109. The highest BCUT2D eigenvalue weighted by Gasteiger charge is 2.13.